The van der Waals surface area contributed by atoms with Gasteiger partial charge in [-0.25, -0.2) is 4.98 Å². The van der Waals surface area contributed by atoms with Crippen LogP contribution in [0, 0.1) is 5.92 Å². The molecule has 1 unspecified atom stereocenters. The second-order valence-corrected chi connectivity index (χ2v) is 6.65. The Kier molecular flexibility index (Phi) is 4.28. The summed E-state index contributed by atoms with van der Waals surface area (Å²) in [6.45, 7) is 4.08. The standard InChI is InChI=1S/C18H19N7O2/c1-10(2)15(26)17-24-22-14-6-5-11(9-25(14)17)18(27)20-8-13-12-4-3-7-19-16(12)23-21-13/h3-7,9-10,15,26H,8H2,1-2H3,(H,20,27)(H,19,21,23). The molecule has 0 saturated carbocycles. The molecular weight excluding hydrogens is 346 g/mol. The zero-order chi connectivity index (χ0) is 19.0. The Labute approximate surface area is 154 Å². The van der Waals surface area contributed by atoms with Gasteiger partial charge in [0.05, 0.1) is 17.8 Å². The lowest BCUT2D eigenvalue weighted by atomic mass is 10.1. The number of aliphatic hydroxyl groups is 1. The molecule has 4 aromatic heterocycles. The van der Waals surface area contributed by atoms with Gasteiger partial charge in [0.25, 0.3) is 5.91 Å². The van der Waals surface area contributed by atoms with E-state index in [1.165, 1.54) is 0 Å². The average Bonchev–Trinajstić information content (AvgIpc) is 3.29. The van der Waals surface area contributed by atoms with Crippen molar-refractivity contribution in [3.63, 3.8) is 0 Å². The van der Waals surface area contributed by atoms with Crippen molar-refractivity contribution in [3.05, 3.63) is 53.7 Å². The van der Waals surface area contributed by atoms with E-state index in [-0.39, 0.29) is 11.8 Å². The predicted molar refractivity (Wildman–Crippen MR) is 97.8 cm³/mol. The van der Waals surface area contributed by atoms with Crippen LogP contribution in [0.1, 0.15) is 41.8 Å². The quantitative estimate of drug-likeness (QED) is 0.494. The topological polar surface area (TPSA) is 121 Å². The van der Waals surface area contributed by atoms with E-state index in [4.69, 9.17) is 0 Å². The van der Waals surface area contributed by atoms with Crippen molar-refractivity contribution in [2.24, 2.45) is 5.92 Å². The molecule has 4 aromatic rings. The van der Waals surface area contributed by atoms with E-state index in [0.29, 0.717) is 29.2 Å². The summed E-state index contributed by atoms with van der Waals surface area (Å²) >= 11 is 0. The highest BCUT2D eigenvalue weighted by Crippen LogP contribution is 2.20. The van der Waals surface area contributed by atoms with Gasteiger partial charge in [-0.05, 0) is 30.2 Å². The molecule has 0 aromatic carbocycles. The molecule has 138 valence electrons. The summed E-state index contributed by atoms with van der Waals surface area (Å²) in [4.78, 5) is 16.7. The number of amides is 1. The first kappa shape index (κ1) is 17.1. The number of fused-ring (bicyclic) bond motifs is 2. The van der Waals surface area contributed by atoms with Crippen molar-refractivity contribution < 1.29 is 9.90 Å². The van der Waals surface area contributed by atoms with Gasteiger partial charge in [0, 0.05) is 17.8 Å². The lowest BCUT2D eigenvalue weighted by molar-refractivity contribution is 0.0949. The number of aromatic nitrogens is 6. The summed E-state index contributed by atoms with van der Waals surface area (Å²) in [7, 11) is 0. The van der Waals surface area contributed by atoms with Gasteiger partial charge >= 0.3 is 0 Å². The Balaban J connectivity index is 1.56. The lowest BCUT2D eigenvalue weighted by Crippen LogP contribution is -2.23. The SMILES string of the molecule is CC(C)C(O)c1nnc2ccc(C(=O)NCc3[nH]nc4ncccc34)cn12. The number of aliphatic hydroxyl groups excluding tert-OH is 1. The molecule has 0 bridgehead atoms. The van der Waals surface area contributed by atoms with Crippen LogP contribution < -0.4 is 5.32 Å². The fraction of sp³-hybridized carbons (Fsp3) is 0.278. The second kappa shape index (κ2) is 6.76. The van der Waals surface area contributed by atoms with Crippen LogP contribution in [0.2, 0.25) is 0 Å². The highest BCUT2D eigenvalue weighted by atomic mass is 16.3. The maximum Gasteiger partial charge on any atom is 0.253 e. The van der Waals surface area contributed by atoms with Crippen molar-refractivity contribution >= 4 is 22.6 Å². The minimum Gasteiger partial charge on any atom is -0.385 e. The summed E-state index contributed by atoms with van der Waals surface area (Å²) < 4.78 is 1.65. The molecule has 0 aliphatic heterocycles. The third kappa shape index (κ3) is 3.13. The summed E-state index contributed by atoms with van der Waals surface area (Å²) in [5.74, 6) is 0.152. The molecule has 0 fully saturated rings. The highest BCUT2D eigenvalue weighted by Gasteiger charge is 2.19. The number of hydrogen-bond donors (Lipinski definition) is 3. The van der Waals surface area contributed by atoms with Crippen molar-refractivity contribution in [2.75, 3.05) is 0 Å². The predicted octanol–water partition coefficient (Wildman–Crippen LogP) is 1.62. The van der Waals surface area contributed by atoms with Crippen LogP contribution in [0.3, 0.4) is 0 Å². The normalized spacial score (nSPS) is 12.7. The second-order valence-electron chi connectivity index (χ2n) is 6.65. The van der Waals surface area contributed by atoms with Gasteiger partial charge in [-0.3, -0.25) is 14.3 Å². The van der Waals surface area contributed by atoms with Crippen LogP contribution in [-0.4, -0.2) is 40.8 Å². The number of rotatable bonds is 5. The molecule has 0 spiro atoms. The maximum absolute atomic E-state index is 12.6. The van der Waals surface area contributed by atoms with Gasteiger partial charge in [-0.1, -0.05) is 13.8 Å². The molecule has 9 heteroatoms. The third-order valence-electron chi connectivity index (χ3n) is 4.42. The largest absolute Gasteiger partial charge is 0.385 e. The number of carbonyl (C=O) groups is 1. The van der Waals surface area contributed by atoms with Gasteiger partial charge in [0.15, 0.2) is 17.1 Å². The molecule has 27 heavy (non-hydrogen) atoms. The molecule has 0 radical (unpaired) electrons. The van der Waals surface area contributed by atoms with Crippen LogP contribution in [0.25, 0.3) is 16.7 Å². The molecule has 0 saturated heterocycles. The molecule has 3 N–H and O–H groups in total. The first-order valence-electron chi connectivity index (χ1n) is 8.63. The van der Waals surface area contributed by atoms with Gasteiger partial charge < -0.3 is 10.4 Å². The molecule has 1 atom stereocenters. The van der Waals surface area contributed by atoms with Crippen molar-refractivity contribution in [1.29, 1.82) is 0 Å². The van der Waals surface area contributed by atoms with Crippen LogP contribution >= 0.6 is 0 Å². The third-order valence-corrected chi connectivity index (χ3v) is 4.42. The Morgan fingerprint density at radius 3 is 2.96 bits per heavy atom. The lowest BCUT2D eigenvalue weighted by Gasteiger charge is -2.12. The van der Waals surface area contributed by atoms with Crippen LogP contribution in [0.4, 0.5) is 0 Å². The summed E-state index contributed by atoms with van der Waals surface area (Å²) in [6, 6.07) is 7.10. The Morgan fingerprint density at radius 1 is 1.30 bits per heavy atom. The minimum atomic E-state index is -0.762. The molecule has 0 aliphatic rings. The van der Waals surface area contributed by atoms with Gasteiger partial charge in [-0.2, -0.15) is 5.10 Å². The maximum atomic E-state index is 12.6. The number of pyridine rings is 2. The summed E-state index contributed by atoms with van der Waals surface area (Å²) in [5.41, 5.74) is 2.42. The number of H-pyrrole nitrogens is 1. The number of carbonyl (C=O) groups excluding carboxylic acids is 1. The zero-order valence-electron chi connectivity index (χ0n) is 14.9. The Morgan fingerprint density at radius 2 is 2.15 bits per heavy atom. The molecule has 1 amide bonds. The van der Waals surface area contributed by atoms with Gasteiger partial charge in [0.1, 0.15) is 6.10 Å². The zero-order valence-corrected chi connectivity index (χ0v) is 14.9. The molecule has 0 aliphatic carbocycles. The van der Waals surface area contributed by atoms with E-state index >= 15 is 0 Å². The Hall–Kier alpha value is -3.33. The van der Waals surface area contributed by atoms with E-state index < -0.39 is 6.10 Å². The number of aromatic amines is 1. The first-order valence-corrected chi connectivity index (χ1v) is 8.63. The van der Waals surface area contributed by atoms with E-state index in [2.05, 4.69) is 30.7 Å². The van der Waals surface area contributed by atoms with Crippen LogP contribution in [0.15, 0.2) is 36.7 Å². The number of nitrogens with zero attached hydrogens (tertiary/aromatic N) is 5. The van der Waals surface area contributed by atoms with Crippen molar-refractivity contribution in [3.8, 4) is 0 Å². The first-order chi connectivity index (χ1) is 13.0. The number of nitrogens with one attached hydrogen (secondary N) is 2. The fourth-order valence-electron chi connectivity index (χ4n) is 2.85. The average molecular weight is 365 g/mol. The van der Waals surface area contributed by atoms with E-state index in [1.807, 2.05) is 26.0 Å². The minimum absolute atomic E-state index is 0.0165. The summed E-state index contributed by atoms with van der Waals surface area (Å²) in [5, 5.41) is 29.1. The monoisotopic (exact) mass is 365 g/mol. The summed E-state index contributed by atoms with van der Waals surface area (Å²) in [6.07, 6.45) is 2.54. The molecule has 9 nitrogen and oxygen atoms in total. The fourth-order valence-corrected chi connectivity index (χ4v) is 2.85. The molecule has 4 rings (SSSR count). The highest BCUT2D eigenvalue weighted by molar-refractivity contribution is 5.94. The smallest absolute Gasteiger partial charge is 0.253 e. The number of hydrogen-bond acceptors (Lipinski definition) is 6. The van der Waals surface area contributed by atoms with E-state index in [1.54, 1.807) is 28.9 Å². The van der Waals surface area contributed by atoms with E-state index in [9.17, 15) is 9.90 Å². The molecular formula is C18H19N7O2. The van der Waals surface area contributed by atoms with Crippen LogP contribution in [0.5, 0.6) is 0 Å². The van der Waals surface area contributed by atoms with Crippen molar-refractivity contribution in [1.82, 2.24) is 35.1 Å². The van der Waals surface area contributed by atoms with Gasteiger partial charge in [0.2, 0.25) is 0 Å². The molecule has 4 heterocycles. The van der Waals surface area contributed by atoms with E-state index in [0.717, 1.165) is 11.1 Å². The van der Waals surface area contributed by atoms with Gasteiger partial charge in [-0.15, -0.1) is 10.2 Å². The van der Waals surface area contributed by atoms with Crippen molar-refractivity contribution in [2.45, 2.75) is 26.5 Å². The van der Waals surface area contributed by atoms with Crippen LogP contribution in [-0.2, 0) is 6.54 Å². The Bertz CT molecular complexity index is 1120.